The molecule has 7 heteroatoms. The van der Waals surface area contributed by atoms with E-state index in [0.717, 1.165) is 57.2 Å². The Balaban J connectivity index is 1.62. The molecule has 3 heterocycles. The van der Waals surface area contributed by atoms with Gasteiger partial charge in [0.2, 0.25) is 0 Å². The molecule has 182 valence electrons. The first-order chi connectivity index (χ1) is 15.7. The van der Waals surface area contributed by atoms with Gasteiger partial charge in [0.25, 0.3) is 11.8 Å². The van der Waals surface area contributed by atoms with E-state index in [0.29, 0.717) is 23.5 Å². The second-order valence-electron chi connectivity index (χ2n) is 10.9. The van der Waals surface area contributed by atoms with Gasteiger partial charge in [0, 0.05) is 35.3 Å². The third kappa shape index (κ3) is 5.19. The van der Waals surface area contributed by atoms with Gasteiger partial charge in [-0.3, -0.25) is 9.59 Å². The molecule has 0 radical (unpaired) electrons. The van der Waals surface area contributed by atoms with Gasteiger partial charge in [-0.05, 0) is 76.5 Å². The molecular formula is C26H39N3O4. The van der Waals surface area contributed by atoms with Gasteiger partial charge in [0.15, 0.2) is 0 Å². The maximum Gasteiger partial charge on any atom is 0.254 e. The molecule has 2 saturated heterocycles. The number of aliphatic hydroxyl groups is 1. The monoisotopic (exact) mass is 457 g/mol. The summed E-state index contributed by atoms with van der Waals surface area (Å²) >= 11 is 0. The SMILES string of the molecule is CC(NC(=O)c1cc2c(c(C(=O)N3CCCC3C)c1)CCC(C)(C)CO2)C(O)C1CCCN1. The van der Waals surface area contributed by atoms with Crippen LogP contribution in [-0.4, -0.2) is 65.7 Å². The standard InChI is InChI=1S/C26H39N3O4/c1-16-7-6-12-29(16)25(32)20-13-18(14-22-19(20)9-10-26(3,4)15-33-22)24(31)28-17(2)23(30)21-8-5-11-27-21/h13-14,16-17,21,23,27,30H,5-12,15H2,1-4H3,(H,28,31). The molecule has 1 aromatic rings. The summed E-state index contributed by atoms with van der Waals surface area (Å²) in [6.45, 7) is 10.4. The molecule has 3 aliphatic heterocycles. The molecule has 0 bridgehead atoms. The van der Waals surface area contributed by atoms with Crippen LogP contribution < -0.4 is 15.4 Å². The van der Waals surface area contributed by atoms with Crippen molar-refractivity contribution >= 4 is 11.8 Å². The van der Waals surface area contributed by atoms with Crippen LogP contribution in [0.2, 0.25) is 0 Å². The zero-order valence-electron chi connectivity index (χ0n) is 20.4. The van der Waals surface area contributed by atoms with E-state index in [9.17, 15) is 14.7 Å². The summed E-state index contributed by atoms with van der Waals surface area (Å²) in [6.07, 6.45) is 4.93. The van der Waals surface area contributed by atoms with E-state index >= 15 is 0 Å². The maximum absolute atomic E-state index is 13.6. The van der Waals surface area contributed by atoms with Gasteiger partial charge in [0.1, 0.15) is 5.75 Å². The lowest BCUT2D eigenvalue weighted by Crippen LogP contribution is -2.49. The van der Waals surface area contributed by atoms with Crippen LogP contribution in [0.1, 0.15) is 86.1 Å². The topological polar surface area (TPSA) is 90.9 Å². The quantitative estimate of drug-likeness (QED) is 0.633. The van der Waals surface area contributed by atoms with E-state index in [-0.39, 0.29) is 29.3 Å². The molecule has 4 atom stereocenters. The highest BCUT2D eigenvalue weighted by Crippen LogP contribution is 2.36. The van der Waals surface area contributed by atoms with E-state index in [1.54, 1.807) is 12.1 Å². The third-order valence-electron chi connectivity index (χ3n) is 7.57. The summed E-state index contributed by atoms with van der Waals surface area (Å²) in [6, 6.07) is 3.28. The number of hydrogen-bond donors (Lipinski definition) is 3. The lowest BCUT2D eigenvalue weighted by Gasteiger charge is -2.26. The number of aliphatic hydroxyl groups excluding tert-OH is 1. The first-order valence-corrected chi connectivity index (χ1v) is 12.5. The minimum Gasteiger partial charge on any atom is -0.493 e. The van der Waals surface area contributed by atoms with Crippen molar-refractivity contribution < 1.29 is 19.4 Å². The minimum absolute atomic E-state index is 0.00436. The molecule has 3 N–H and O–H groups in total. The number of likely N-dealkylation sites (tertiary alicyclic amines) is 1. The predicted molar refractivity (Wildman–Crippen MR) is 128 cm³/mol. The average molecular weight is 458 g/mol. The summed E-state index contributed by atoms with van der Waals surface area (Å²) in [5.41, 5.74) is 1.89. The molecule has 33 heavy (non-hydrogen) atoms. The molecule has 0 aliphatic carbocycles. The van der Waals surface area contributed by atoms with Crippen LogP contribution in [0.15, 0.2) is 12.1 Å². The summed E-state index contributed by atoms with van der Waals surface area (Å²) in [5, 5.41) is 16.9. The Morgan fingerprint density at radius 1 is 1.27 bits per heavy atom. The van der Waals surface area contributed by atoms with Crippen molar-refractivity contribution in [2.75, 3.05) is 19.7 Å². The molecule has 4 unspecified atom stereocenters. The third-order valence-corrected chi connectivity index (χ3v) is 7.57. The van der Waals surface area contributed by atoms with Crippen molar-refractivity contribution in [2.24, 2.45) is 5.41 Å². The fraction of sp³-hybridized carbons (Fsp3) is 0.692. The van der Waals surface area contributed by atoms with Gasteiger partial charge >= 0.3 is 0 Å². The molecule has 0 saturated carbocycles. The Bertz CT molecular complexity index is 894. The van der Waals surface area contributed by atoms with E-state index in [4.69, 9.17) is 4.74 Å². The first kappa shape index (κ1) is 24.0. The maximum atomic E-state index is 13.6. The number of amides is 2. The Morgan fingerprint density at radius 2 is 2.06 bits per heavy atom. The van der Waals surface area contributed by atoms with Crippen LogP contribution in [0.5, 0.6) is 5.75 Å². The summed E-state index contributed by atoms with van der Waals surface area (Å²) in [4.78, 5) is 28.7. The number of nitrogens with zero attached hydrogens (tertiary/aromatic N) is 1. The van der Waals surface area contributed by atoms with Crippen molar-refractivity contribution in [1.82, 2.24) is 15.5 Å². The lowest BCUT2D eigenvalue weighted by atomic mass is 9.86. The van der Waals surface area contributed by atoms with E-state index in [2.05, 4.69) is 31.4 Å². The second kappa shape index (κ2) is 9.63. The molecule has 3 aliphatic rings. The van der Waals surface area contributed by atoms with Crippen molar-refractivity contribution in [2.45, 2.75) is 90.4 Å². The highest BCUT2D eigenvalue weighted by atomic mass is 16.5. The molecule has 1 aromatic carbocycles. The largest absolute Gasteiger partial charge is 0.493 e. The number of hydrogen-bond acceptors (Lipinski definition) is 5. The lowest BCUT2D eigenvalue weighted by molar-refractivity contribution is 0.0745. The fourth-order valence-electron chi connectivity index (χ4n) is 5.28. The van der Waals surface area contributed by atoms with Gasteiger partial charge in [-0.15, -0.1) is 0 Å². The number of rotatable bonds is 5. The van der Waals surface area contributed by atoms with E-state index in [1.807, 2.05) is 11.8 Å². The predicted octanol–water partition coefficient (Wildman–Crippen LogP) is 2.89. The van der Waals surface area contributed by atoms with Crippen LogP contribution in [-0.2, 0) is 6.42 Å². The van der Waals surface area contributed by atoms with Crippen molar-refractivity contribution in [3.05, 3.63) is 28.8 Å². The molecule has 0 spiro atoms. The molecular weight excluding hydrogens is 418 g/mol. The van der Waals surface area contributed by atoms with Crippen LogP contribution in [0.25, 0.3) is 0 Å². The van der Waals surface area contributed by atoms with Crippen LogP contribution in [0.4, 0.5) is 0 Å². The van der Waals surface area contributed by atoms with Gasteiger partial charge in [-0.1, -0.05) is 13.8 Å². The van der Waals surface area contributed by atoms with Gasteiger partial charge < -0.3 is 25.4 Å². The van der Waals surface area contributed by atoms with Crippen molar-refractivity contribution in [1.29, 1.82) is 0 Å². The summed E-state index contributed by atoms with van der Waals surface area (Å²) < 4.78 is 6.16. The zero-order chi connectivity index (χ0) is 23.8. The number of ether oxygens (including phenoxy) is 1. The Hall–Kier alpha value is -2.12. The second-order valence-corrected chi connectivity index (χ2v) is 10.9. The first-order valence-electron chi connectivity index (χ1n) is 12.5. The van der Waals surface area contributed by atoms with Crippen LogP contribution in [0, 0.1) is 5.41 Å². The molecule has 7 nitrogen and oxygen atoms in total. The molecule has 4 rings (SSSR count). The number of nitrogens with one attached hydrogen (secondary N) is 2. The van der Waals surface area contributed by atoms with Crippen LogP contribution >= 0.6 is 0 Å². The summed E-state index contributed by atoms with van der Waals surface area (Å²) in [5.74, 6) is 0.324. The minimum atomic E-state index is -0.666. The number of carbonyl (C=O) groups is 2. The van der Waals surface area contributed by atoms with Crippen molar-refractivity contribution in [3.8, 4) is 5.75 Å². The summed E-state index contributed by atoms with van der Waals surface area (Å²) in [7, 11) is 0. The normalized spacial score (nSPS) is 26.2. The van der Waals surface area contributed by atoms with Crippen molar-refractivity contribution in [3.63, 3.8) is 0 Å². The number of fused-ring (bicyclic) bond motifs is 1. The molecule has 2 fully saturated rings. The van der Waals surface area contributed by atoms with Gasteiger partial charge in [-0.25, -0.2) is 0 Å². The van der Waals surface area contributed by atoms with Gasteiger partial charge in [-0.2, -0.15) is 0 Å². The van der Waals surface area contributed by atoms with E-state index in [1.165, 1.54) is 0 Å². The zero-order valence-corrected chi connectivity index (χ0v) is 20.4. The Labute approximate surface area is 197 Å². The van der Waals surface area contributed by atoms with Crippen LogP contribution in [0.3, 0.4) is 0 Å². The average Bonchev–Trinajstić information content (AvgIpc) is 3.44. The highest BCUT2D eigenvalue weighted by molar-refractivity contribution is 6.02. The van der Waals surface area contributed by atoms with Gasteiger partial charge in [0.05, 0.1) is 18.8 Å². The Morgan fingerprint density at radius 3 is 2.73 bits per heavy atom. The number of carbonyl (C=O) groups excluding carboxylic acids is 2. The molecule has 2 amide bonds. The number of benzene rings is 1. The van der Waals surface area contributed by atoms with E-state index < -0.39 is 12.1 Å². The molecule has 0 aromatic heterocycles. The highest BCUT2D eigenvalue weighted by Gasteiger charge is 2.33. The smallest absolute Gasteiger partial charge is 0.254 e. The Kier molecular flexibility index (Phi) is 7.01. The fourth-order valence-corrected chi connectivity index (χ4v) is 5.28.